The van der Waals surface area contributed by atoms with Crippen molar-refractivity contribution in [2.75, 3.05) is 31.8 Å². The number of hydrogen-bond donors (Lipinski definition) is 0. The van der Waals surface area contributed by atoms with Crippen molar-refractivity contribution in [1.82, 2.24) is 4.90 Å². The van der Waals surface area contributed by atoms with E-state index >= 15 is 0 Å². The Morgan fingerprint density at radius 1 is 1.35 bits per heavy atom. The van der Waals surface area contributed by atoms with Gasteiger partial charge in [0.25, 0.3) is 5.91 Å². The quantitative estimate of drug-likeness (QED) is 0.721. The predicted octanol–water partition coefficient (Wildman–Crippen LogP) is 2.72. The van der Waals surface area contributed by atoms with Crippen molar-refractivity contribution in [1.29, 1.82) is 0 Å². The van der Waals surface area contributed by atoms with Crippen LogP contribution in [0.25, 0.3) is 11.0 Å². The lowest BCUT2D eigenvalue weighted by atomic mass is 10.1. The number of methoxy groups -OCH3 is 1. The van der Waals surface area contributed by atoms with Gasteiger partial charge in [-0.15, -0.1) is 0 Å². The van der Waals surface area contributed by atoms with Gasteiger partial charge in [0.05, 0.1) is 11.5 Å². The van der Waals surface area contributed by atoms with Crippen LogP contribution in [0.1, 0.15) is 34.5 Å². The van der Waals surface area contributed by atoms with Crippen molar-refractivity contribution in [3.05, 3.63) is 35.1 Å². The summed E-state index contributed by atoms with van der Waals surface area (Å²) >= 11 is 0. The Labute approximate surface area is 154 Å². The molecule has 0 unspecified atom stereocenters. The molecule has 0 radical (unpaired) electrons. The summed E-state index contributed by atoms with van der Waals surface area (Å²) in [6.07, 6.45) is 1.12. The number of para-hydroxylation sites is 1. The van der Waals surface area contributed by atoms with Crippen molar-refractivity contribution in [2.24, 2.45) is 0 Å². The van der Waals surface area contributed by atoms with E-state index in [1.54, 1.807) is 12.0 Å². The van der Waals surface area contributed by atoms with Crippen LogP contribution in [0.2, 0.25) is 0 Å². The Kier molecular flexibility index (Phi) is 5.39. The fraction of sp³-hybridized carbons (Fsp3) is 0.526. The molecule has 142 valence electrons. The summed E-state index contributed by atoms with van der Waals surface area (Å²) in [6.45, 7) is 4.78. The number of carbonyl (C=O) groups is 1. The number of aryl methyl sites for hydroxylation is 2. The van der Waals surface area contributed by atoms with Crippen molar-refractivity contribution in [3.8, 4) is 0 Å². The van der Waals surface area contributed by atoms with Crippen LogP contribution in [0.4, 0.5) is 0 Å². The summed E-state index contributed by atoms with van der Waals surface area (Å²) in [6, 6.07) is 5.51. The van der Waals surface area contributed by atoms with Crippen LogP contribution < -0.4 is 0 Å². The second kappa shape index (κ2) is 7.40. The third kappa shape index (κ3) is 3.64. The van der Waals surface area contributed by atoms with Crippen molar-refractivity contribution in [3.63, 3.8) is 0 Å². The van der Waals surface area contributed by atoms with E-state index < -0.39 is 9.84 Å². The van der Waals surface area contributed by atoms with Crippen molar-refractivity contribution < 1.29 is 22.4 Å². The molecule has 1 aliphatic rings. The first-order valence-electron chi connectivity index (χ1n) is 8.83. The number of benzene rings is 1. The van der Waals surface area contributed by atoms with Crippen LogP contribution >= 0.6 is 0 Å². The lowest BCUT2D eigenvalue weighted by Crippen LogP contribution is -2.42. The molecule has 1 fully saturated rings. The Bertz CT molecular complexity index is 915. The second-order valence-electron chi connectivity index (χ2n) is 6.91. The van der Waals surface area contributed by atoms with Crippen LogP contribution in [0.5, 0.6) is 0 Å². The monoisotopic (exact) mass is 379 g/mol. The third-order valence-corrected chi connectivity index (χ3v) is 6.76. The van der Waals surface area contributed by atoms with Gasteiger partial charge in [-0.25, -0.2) is 8.42 Å². The average Bonchev–Trinajstić information content (AvgIpc) is 3.12. The summed E-state index contributed by atoms with van der Waals surface area (Å²) in [5, 5.41) is 0.921. The zero-order valence-electron chi connectivity index (χ0n) is 15.4. The highest BCUT2D eigenvalue weighted by Crippen LogP contribution is 2.30. The van der Waals surface area contributed by atoms with E-state index in [1.807, 2.05) is 32.0 Å². The standard InChI is InChI=1S/C19H25NO5S/c1-13-6-4-7-16-14(2)18(25-17(13)16)19(21)20(9-5-10-24-3)15-8-11-26(22,23)12-15/h4,6-7,15H,5,8-12H2,1-3H3/t15-/m1/s1. The van der Waals surface area contributed by atoms with Crippen LogP contribution in [0.3, 0.4) is 0 Å². The van der Waals surface area contributed by atoms with Gasteiger partial charge in [0.1, 0.15) is 5.58 Å². The predicted molar refractivity (Wildman–Crippen MR) is 100 cm³/mol. The lowest BCUT2D eigenvalue weighted by Gasteiger charge is -2.27. The number of amides is 1. The molecule has 6 nitrogen and oxygen atoms in total. The van der Waals surface area contributed by atoms with E-state index in [1.165, 1.54) is 0 Å². The zero-order valence-corrected chi connectivity index (χ0v) is 16.3. The maximum atomic E-state index is 13.2. The molecule has 1 saturated heterocycles. The molecule has 3 rings (SSSR count). The molecular weight excluding hydrogens is 354 g/mol. The topological polar surface area (TPSA) is 76.8 Å². The molecule has 0 N–H and O–H groups in total. The van der Waals surface area contributed by atoms with Crippen LogP contribution in [-0.2, 0) is 14.6 Å². The van der Waals surface area contributed by atoms with Gasteiger partial charge in [-0.2, -0.15) is 0 Å². The first kappa shape index (κ1) is 18.9. The highest BCUT2D eigenvalue weighted by Gasteiger charge is 2.36. The Balaban J connectivity index is 1.94. The van der Waals surface area contributed by atoms with Gasteiger partial charge in [0, 0.05) is 37.3 Å². The van der Waals surface area contributed by atoms with E-state index in [4.69, 9.17) is 9.15 Å². The molecule has 0 saturated carbocycles. The molecule has 1 amide bonds. The smallest absolute Gasteiger partial charge is 0.290 e. The highest BCUT2D eigenvalue weighted by atomic mass is 32.2. The normalized spacial score (nSPS) is 19.1. The number of fused-ring (bicyclic) bond motifs is 1. The lowest BCUT2D eigenvalue weighted by molar-refractivity contribution is 0.0643. The minimum atomic E-state index is -3.08. The molecular formula is C19H25NO5S. The molecule has 0 spiro atoms. The van der Waals surface area contributed by atoms with Gasteiger partial charge >= 0.3 is 0 Å². The third-order valence-electron chi connectivity index (χ3n) is 5.01. The first-order chi connectivity index (χ1) is 12.3. The number of hydrogen-bond acceptors (Lipinski definition) is 5. The number of nitrogens with zero attached hydrogens (tertiary/aromatic N) is 1. The van der Waals surface area contributed by atoms with Gasteiger partial charge in [-0.1, -0.05) is 18.2 Å². The Hall–Kier alpha value is -1.86. The maximum Gasteiger partial charge on any atom is 0.290 e. The largest absolute Gasteiger partial charge is 0.450 e. The number of furan rings is 1. The SMILES string of the molecule is COCCCN(C(=O)c1oc2c(C)cccc2c1C)[C@@H]1CCS(=O)(=O)C1. The van der Waals surface area contributed by atoms with E-state index in [0.29, 0.717) is 37.3 Å². The molecule has 2 heterocycles. The minimum Gasteiger partial charge on any atom is -0.450 e. The van der Waals surface area contributed by atoms with Gasteiger partial charge in [0.15, 0.2) is 15.6 Å². The van der Waals surface area contributed by atoms with Crippen LogP contribution in [-0.4, -0.2) is 57.0 Å². The van der Waals surface area contributed by atoms with E-state index in [9.17, 15) is 13.2 Å². The van der Waals surface area contributed by atoms with E-state index in [0.717, 1.165) is 16.5 Å². The van der Waals surface area contributed by atoms with Gasteiger partial charge < -0.3 is 14.1 Å². The molecule has 7 heteroatoms. The molecule has 1 aliphatic heterocycles. The molecule has 1 aromatic carbocycles. The molecule has 0 aliphatic carbocycles. The number of carbonyl (C=O) groups excluding carboxylic acids is 1. The number of ether oxygens (including phenoxy) is 1. The van der Waals surface area contributed by atoms with Gasteiger partial charge in [0.2, 0.25) is 0 Å². The highest BCUT2D eigenvalue weighted by molar-refractivity contribution is 7.91. The second-order valence-corrected chi connectivity index (χ2v) is 9.14. The van der Waals surface area contributed by atoms with Crippen molar-refractivity contribution >= 4 is 26.7 Å². The fourth-order valence-corrected chi connectivity index (χ4v) is 5.30. The Morgan fingerprint density at radius 3 is 2.73 bits per heavy atom. The number of rotatable bonds is 6. The molecule has 2 aromatic rings. The van der Waals surface area contributed by atoms with E-state index in [2.05, 4.69) is 0 Å². The molecule has 1 atom stereocenters. The molecule has 26 heavy (non-hydrogen) atoms. The van der Waals surface area contributed by atoms with E-state index in [-0.39, 0.29) is 23.5 Å². The summed E-state index contributed by atoms with van der Waals surface area (Å²) in [5.41, 5.74) is 2.48. The van der Waals surface area contributed by atoms with Gasteiger partial charge in [-0.05, 0) is 32.3 Å². The summed E-state index contributed by atoms with van der Waals surface area (Å²) in [5.74, 6) is 0.209. The molecule has 0 bridgehead atoms. The minimum absolute atomic E-state index is 0.0179. The summed E-state index contributed by atoms with van der Waals surface area (Å²) in [4.78, 5) is 14.9. The van der Waals surface area contributed by atoms with Crippen LogP contribution in [0.15, 0.2) is 22.6 Å². The number of sulfone groups is 1. The Morgan fingerprint density at radius 2 is 2.12 bits per heavy atom. The summed E-state index contributed by atoms with van der Waals surface area (Å²) in [7, 11) is -1.47. The molecule has 1 aromatic heterocycles. The maximum absolute atomic E-state index is 13.2. The van der Waals surface area contributed by atoms with Crippen molar-refractivity contribution in [2.45, 2.75) is 32.7 Å². The first-order valence-corrected chi connectivity index (χ1v) is 10.6. The summed E-state index contributed by atoms with van der Waals surface area (Å²) < 4.78 is 34.8. The van der Waals surface area contributed by atoms with Gasteiger partial charge in [-0.3, -0.25) is 4.79 Å². The average molecular weight is 379 g/mol. The fourth-order valence-electron chi connectivity index (χ4n) is 3.57. The zero-order chi connectivity index (χ0) is 18.9. The van der Waals surface area contributed by atoms with Crippen LogP contribution in [0, 0.1) is 13.8 Å².